The summed E-state index contributed by atoms with van der Waals surface area (Å²) in [6.45, 7) is 1.78. The fourth-order valence-corrected chi connectivity index (χ4v) is 4.06. The quantitative estimate of drug-likeness (QED) is 0.767. The summed E-state index contributed by atoms with van der Waals surface area (Å²) >= 11 is 0. The first-order valence-corrected chi connectivity index (χ1v) is 10.5. The van der Waals surface area contributed by atoms with Crippen LogP contribution in [0.15, 0.2) is 42.5 Å². The van der Waals surface area contributed by atoms with E-state index in [4.69, 9.17) is 18.9 Å². The van der Waals surface area contributed by atoms with Gasteiger partial charge in [-0.2, -0.15) is 0 Å². The van der Waals surface area contributed by atoms with Crippen LogP contribution in [-0.4, -0.2) is 44.5 Å². The molecule has 2 amide bonds. The van der Waals surface area contributed by atoms with E-state index in [0.717, 1.165) is 19.4 Å². The smallest absolute Gasteiger partial charge is 0.231 e. The highest BCUT2D eigenvalue weighted by atomic mass is 16.7. The van der Waals surface area contributed by atoms with Gasteiger partial charge in [0.2, 0.25) is 18.6 Å². The van der Waals surface area contributed by atoms with Crippen molar-refractivity contribution in [3.63, 3.8) is 0 Å². The molecule has 0 bridgehead atoms. The average Bonchev–Trinajstić information content (AvgIpc) is 3.53. The van der Waals surface area contributed by atoms with Gasteiger partial charge in [-0.3, -0.25) is 9.59 Å². The molecule has 3 aliphatic rings. The van der Waals surface area contributed by atoms with E-state index < -0.39 is 5.92 Å². The largest absolute Gasteiger partial charge is 0.491 e. The second-order valence-electron chi connectivity index (χ2n) is 7.91. The molecule has 3 aliphatic heterocycles. The third-order valence-electron chi connectivity index (χ3n) is 5.73. The van der Waals surface area contributed by atoms with Gasteiger partial charge >= 0.3 is 0 Å². The Morgan fingerprint density at radius 2 is 2.06 bits per heavy atom. The van der Waals surface area contributed by atoms with Crippen molar-refractivity contribution < 1.29 is 28.5 Å². The summed E-state index contributed by atoms with van der Waals surface area (Å²) in [6, 6.07) is 12.6. The Labute approximate surface area is 180 Å². The van der Waals surface area contributed by atoms with Gasteiger partial charge in [-0.15, -0.1) is 0 Å². The Bertz CT molecular complexity index is 988. The first-order chi connectivity index (χ1) is 15.2. The highest BCUT2D eigenvalue weighted by molar-refractivity contribution is 6.03. The minimum Gasteiger partial charge on any atom is -0.491 e. The molecule has 0 saturated carbocycles. The normalized spacial score (nSPS) is 22.1. The molecule has 3 heterocycles. The molecule has 8 nitrogen and oxygen atoms in total. The van der Waals surface area contributed by atoms with E-state index in [2.05, 4.69) is 5.32 Å². The summed E-state index contributed by atoms with van der Waals surface area (Å²) < 4.78 is 22.1. The van der Waals surface area contributed by atoms with Crippen molar-refractivity contribution in [3.8, 4) is 17.2 Å². The molecule has 162 valence electrons. The number of carbonyl (C=O) groups is 2. The van der Waals surface area contributed by atoms with E-state index in [0.29, 0.717) is 41.8 Å². The molecule has 2 atom stereocenters. The predicted octanol–water partition coefficient (Wildman–Crippen LogP) is 2.96. The first kappa shape index (κ1) is 19.7. The lowest BCUT2D eigenvalue weighted by Crippen LogP contribution is -2.28. The van der Waals surface area contributed by atoms with Crippen LogP contribution in [0.2, 0.25) is 0 Å². The van der Waals surface area contributed by atoms with Gasteiger partial charge < -0.3 is 29.2 Å². The van der Waals surface area contributed by atoms with Crippen LogP contribution in [0.3, 0.4) is 0 Å². The van der Waals surface area contributed by atoms with Crippen LogP contribution in [-0.2, 0) is 14.3 Å². The van der Waals surface area contributed by atoms with Crippen LogP contribution in [0.4, 0.5) is 11.4 Å². The standard InChI is InChI=1S/C23H24N2O6/c26-22-9-15(12-25(22)17-6-7-20-21(11-17)31-14-30-20)23(27)24-16-3-1-4-18(10-16)29-13-19-5-2-8-28-19/h1,3-4,6-7,10-11,15,19H,2,5,8-9,12-14H2,(H,24,27). The molecule has 2 aromatic rings. The molecule has 5 rings (SSSR count). The van der Waals surface area contributed by atoms with Gasteiger partial charge in [0.05, 0.1) is 12.0 Å². The van der Waals surface area contributed by atoms with E-state index >= 15 is 0 Å². The number of amides is 2. The van der Waals surface area contributed by atoms with Crippen LogP contribution in [0, 0.1) is 5.92 Å². The van der Waals surface area contributed by atoms with E-state index in [1.165, 1.54) is 0 Å². The van der Waals surface area contributed by atoms with E-state index in [-0.39, 0.29) is 31.1 Å². The first-order valence-electron chi connectivity index (χ1n) is 10.5. The zero-order valence-electron chi connectivity index (χ0n) is 17.0. The molecule has 2 saturated heterocycles. The van der Waals surface area contributed by atoms with Crippen LogP contribution in [0.1, 0.15) is 19.3 Å². The minimum atomic E-state index is -0.436. The maximum Gasteiger partial charge on any atom is 0.231 e. The third kappa shape index (κ3) is 4.29. The maximum absolute atomic E-state index is 12.8. The predicted molar refractivity (Wildman–Crippen MR) is 113 cm³/mol. The van der Waals surface area contributed by atoms with Crippen LogP contribution in [0.5, 0.6) is 17.2 Å². The van der Waals surface area contributed by atoms with Crippen molar-refractivity contribution in [3.05, 3.63) is 42.5 Å². The number of carbonyl (C=O) groups excluding carboxylic acids is 2. The molecule has 0 radical (unpaired) electrons. The SMILES string of the molecule is O=C(Nc1cccc(OCC2CCCO2)c1)C1CC(=O)N(c2ccc3c(c2)OCO3)C1. The number of anilines is 2. The monoisotopic (exact) mass is 424 g/mol. The Hall–Kier alpha value is -3.26. The number of rotatable bonds is 6. The fraction of sp³-hybridized carbons (Fsp3) is 0.391. The van der Waals surface area contributed by atoms with Gasteiger partial charge in [-0.25, -0.2) is 0 Å². The lowest BCUT2D eigenvalue weighted by Gasteiger charge is -2.17. The van der Waals surface area contributed by atoms with Crippen molar-refractivity contribution >= 4 is 23.2 Å². The number of benzene rings is 2. The van der Waals surface area contributed by atoms with Gasteiger partial charge in [0.15, 0.2) is 11.5 Å². The summed E-state index contributed by atoms with van der Waals surface area (Å²) in [5, 5.41) is 2.91. The molecular weight excluding hydrogens is 400 g/mol. The number of ether oxygens (including phenoxy) is 4. The van der Waals surface area contributed by atoms with Gasteiger partial charge in [0.25, 0.3) is 0 Å². The number of nitrogens with one attached hydrogen (secondary N) is 1. The molecule has 8 heteroatoms. The Balaban J connectivity index is 1.20. The highest BCUT2D eigenvalue weighted by Gasteiger charge is 2.35. The molecular formula is C23H24N2O6. The molecule has 31 heavy (non-hydrogen) atoms. The zero-order valence-corrected chi connectivity index (χ0v) is 17.0. The van der Waals surface area contributed by atoms with Gasteiger partial charge in [0.1, 0.15) is 12.4 Å². The summed E-state index contributed by atoms with van der Waals surface area (Å²) in [5.74, 6) is 1.23. The minimum absolute atomic E-state index is 0.0901. The topological polar surface area (TPSA) is 86.3 Å². The number of hydrogen-bond donors (Lipinski definition) is 1. The van der Waals surface area contributed by atoms with Crippen LogP contribution < -0.4 is 24.4 Å². The summed E-state index contributed by atoms with van der Waals surface area (Å²) in [5.41, 5.74) is 1.35. The molecule has 2 unspecified atom stereocenters. The summed E-state index contributed by atoms with van der Waals surface area (Å²) in [6.07, 6.45) is 2.36. The third-order valence-corrected chi connectivity index (χ3v) is 5.73. The molecule has 2 fully saturated rings. The number of nitrogens with zero attached hydrogens (tertiary/aromatic N) is 1. The van der Waals surface area contributed by atoms with E-state index in [1.54, 1.807) is 29.2 Å². The molecule has 2 aromatic carbocycles. The van der Waals surface area contributed by atoms with E-state index in [1.807, 2.05) is 18.2 Å². The van der Waals surface area contributed by atoms with Crippen molar-refractivity contribution in [1.82, 2.24) is 0 Å². The fourth-order valence-electron chi connectivity index (χ4n) is 4.06. The van der Waals surface area contributed by atoms with Crippen molar-refractivity contribution in [2.24, 2.45) is 5.92 Å². The maximum atomic E-state index is 12.8. The molecule has 0 aromatic heterocycles. The molecule has 0 spiro atoms. The van der Waals surface area contributed by atoms with Crippen LogP contribution >= 0.6 is 0 Å². The second kappa shape index (κ2) is 8.47. The lowest BCUT2D eigenvalue weighted by atomic mass is 10.1. The summed E-state index contributed by atoms with van der Waals surface area (Å²) in [7, 11) is 0. The molecule has 1 N–H and O–H groups in total. The van der Waals surface area contributed by atoms with Crippen molar-refractivity contribution in [2.75, 3.05) is 36.8 Å². The lowest BCUT2D eigenvalue weighted by molar-refractivity contribution is -0.122. The second-order valence-corrected chi connectivity index (χ2v) is 7.91. The molecule has 0 aliphatic carbocycles. The van der Waals surface area contributed by atoms with E-state index in [9.17, 15) is 9.59 Å². The average molecular weight is 424 g/mol. The van der Waals surface area contributed by atoms with Gasteiger partial charge in [-0.05, 0) is 37.1 Å². The Morgan fingerprint density at radius 3 is 2.94 bits per heavy atom. The van der Waals surface area contributed by atoms with Crippen LogP contribution in [0.25, 0.3) is 0 Å². The van der Waals surface area contributed by atoms with Crippen molar-refractivity contribution in [1.29, 1.82) is 0 Å². The number of fused-ring (bicyclic) bond motifs is 1. The van der Waals surface area contributed by atoms with Gasteiger partial charge in [-0.1, -0.05) is 6.07 Å². The zero-order chi connectivity index (χ0) is 21.2. The van der Waals surface area contributed by atoms with Crippen molar-refractivity contribution in [2.45, 2.75) is 25.4 Å². The number of hydrogen-bond acceptors (Lipinski definition) is 6. The van der Waals surface area contributed by atoms with Gasteiger partial charge in [0, 0.05) is 43.1 Å². The highest BCUT2D eigenvalue weighted by Crippen LogP contribution is 2.37. The summed E-state index contributed by atoms with van der Waals surface area (Å²) in [4.78, 5) is 27.0. The Kier molecular flexibility index (Phi) is 5.38. The Morgan fingerprint density at radius 1 is 1.16 bits per heavy atom.